The van der Waals surface area contributed by atoms with Crippen molar-refractivity contribution in [2.24, 2.45) is 0 Å². The number of likely N-dealkylation sites (tertiary alicyclic amines) is 1. The SMILES string of the molecule is CCOC(=O)N1CCC(NC(=O)Nc2ccc(Cl)cc2)CC1. The number of carbonyl (C=O) groups excluding carboxylic acids is 2. The molecule has 0 bridgehead atoms. The Hall–Kier alpha value is -1.95. The normalized spacial score (nSPS) is 15.3. The first-order chi connectivity index (χ1) is 10.6. The number of nitrogens with one attached hydrogen (secondary N) is 2. The summed E-state index contributed by atoms with van der Waals surface area (Å²) in [6.07, 6.45) is 1.14. The van der Waals surface area contributed by atoms with Gasteiger partial charge in [-0.15, -0.1) is 0 Å². The summed E-state index contributed by atoms with van der Waals surface area (Å²) in [4.78, 5) is 25.2. The van der Waals surface area contributed by atoms with Gasteiger partial charge in [0.1, 0.15) is 0 Å². The van der Waals surface area contributed by atoms with Crippen LogP contribution in [0.4, 0.5) is 15.3 Å². The van der Waals surface area contributed by atoms with Gasteiger partial charge in [-0.05, 0) is 44.0 Å². The number of rotatable bonds is 3. The molecule has 1 heterocycles. The van der Waals surface area contributed by atoms with Crippen LogP contribution in [0.2, 0.25) is 5.02 Å². The lowest BCUT2D eigenvalue weighted by atomic mass is 10.1. The molecule has 22 heavy (non-hydrogen) atoms. The van der Waals surface area contributed by atoms with E-state index >= 15 is 0 Å². The Bertz CT molecular complexity index is 513. The lowest BCUT2D eigenvalue weighted by Crippen LogP contribution is -2.47. The quantitative estimate of drug-likeness (QED) is 0.897. The average molecular weight is 326 g/mol. The summed E-state index contributed by atoms with van der Waals surface area (Å²) in [7, 11) is 0. The molecule has 2 rings (SSSR count). The monoisotopic (exact) mass is 325 g/mol. The maximum absolute atomic E-state index is 11.9. The average Bonchev–Trinajstić information content (AvgIpc) is 2.50. The van der Waals surface area contributed by atoms with Gasteiger partial charge in [0, 0.05) is 29.8 Å². The second-order valence-electron chi connectivity index (χ2n) is 5.07. The van der Waals surface area contributed by atoms with Crippen molar-refractivity contribution >= 4 is 29.4 Å². The van der Waals surface area contributed by atoms with Crippen molar-refractivity contribution in [1.29, 1.82) is 0 Å². The van der Waals surface area contributed by atoms with Crippen molar-refractivity contribution in [2.45, 2.75) is 25.8 Å². The van der Waals surface area contributed by atoms with Gasteiger partial charge >= 0.3 is 12.1 Å². The summed E-state index contributed by atoms with van der Waals surface area (Å²) in [5.41, 5.74) is 0.686. The number of nitrogens with zero attached hydrogens (tertiary/aromatic N) is 1. The van der Waals surface area contributed by atoms with Gasteiger partial charge in [-0.25, -0.2) is 9.59 Å². The minimum absolute atomic E-state index is 0.0537. The van der Waals surface area contributed by atoms with E-state index in [4.69, 9.17) is 16.3 Å². The minimum atomic E-state index is -0.286. The number of halogens is 1. The predicted molar refractivity (Wildman–Crippen MR) is 85.2 cm³/mol. The van der Waals surface area contributed by atoms with Gasteiger partial charge in [0.15, 0.2) is 0 Å². The number of urea groups is 1. The van der Waals surface area contributed by atoms with Crippen molar-refractivity contribution in [3.63, 3.8) is 0 Å². The number of ether oxygens (including phenoxy) is 1. The molecule has 6 nitrogen and oxygen atoms in total. The summed E-state index contributed by atoms with van der Waals surface area (Å²) >= 11 is 5.79. The van der Waals surface area contributed by atoms with Gasteiger partial charge in [-0.3, -0.25) is 0 Å². The van der Waals surface area contributed by atoms with Gasteiger partial charge in [-0.2, -0.15) is 0 Å². The van der Waals surface area contributed by atoms with Crippen molar-refractivity contribution in [3.05, 3.63) is 29.3 Å². The number of carbonyl (C=O) groups is 2. The fraction of sp³-hybridized carbons (Fsp3) is 0.467. The van der Waals surface area contributed by atoms with Crippen LogP contribution < -0.4 is 10.6 Å². The van der Waals surface area contributed by atoms with Crippen LogP contribution in [0.3, 0.4) is 0 Å². The van der Waals surface area contributed by atoms with E-state index in [-0.39, 0.29) is 18.2 Å². The second-order valence-corrected chi connectivity index (χ2v) is 5.50. The molecular weight excluding hydrogens is 306 g/mol. The third-order valence-electron chi connectivity index (χ3n) is 3.46. The number of benzene rings is 1. The number of amides is 3. The molecule has 2 N–H and O–H groups in total. The number of hydrogen-bond donors (Lipinski definition) is 2. The molecule has 120 valence electrons. The highest BCUT2D eigenvalue weighted by Gasteiger charge is 2.24. The third kappa shape index (κ3) is 4.80. The first-order valence-corrected chi connectivity index (χ1v) is 7.71. The van der Waals surface area contributed by atoms with E-state index in [1.54, 1.807) is 36.1 Å². The standard InChI is InChI=1S/C15H20ClN3O3/c1-2-22-15(21)19-9-7-13(8-10-19)18-14(20)17-12-5-3-11(16)4-6-12/h3-6,13H,2,7-10H2,1H3,(H2,17,18,20). The zero-order valence-electron chi connectivity index (χ0n) is 12.5. The van der Waals surface area contributed by atoms with E-state index in [1.807, 2.05) is 0 Å². The van der Waals surface area contributed by atoms with Gasteiger partial charge in [0.25, 0.3) is 0 Å². The Kier molecular flexibility index (Phi) is 5.89. The van der Waals surface area contributed by atoms with Crippen LogP contribution >= 0.6 is 11.6 Å². The molecular formula is C15H20ClN3O3. The zero-order chi connectivity index (χ0) is 15.9. The van der Waals surface area contributed by atoms with E-state index in [0.29, 0.717) is 43.2 Å². The lowest BCUT2D eigenvalue weighted by Gasteiger charge is -2.31. The molecule has 0 unspecified atom stereocenters. The van der Waals surface area contributed by atoms with Crippen LogP contribution in [-0.2, 0) is 4.74 Å². The van der Waals surface area contributed by atoms with E-state index in [9.17, 15) is 9.59 Å². The Morgan fingerprint density at radius 2 is 1.91 bits per heavy atom. The summed E-state index contributed by atoms with van der Waals surface area (Å²) in [5.74, 6) is 0. The lowest BCUT2D eigenvalue weighted by molar-refractivity contribution is 0.0959. The molecule has 0 atom stereocenters. The molecule has 1 aromatic rings. The molecule has 7 heteroatoms. The van der Waals surface area contributed by atoms with Crippen molar-refractivity contribution in [3.8, 4) is 0 Å². The van der Waals surface area contributed by atoms with Crippen LogP contribution in [0.25, 0.3) is 0 Å². The summed E-state index contributed by atoms with van der Waals surface area (Å²) in [6, 6.07) is 6.72. The topological polar surface area (TPSA) is 70.7 Å². The molecule has 0 spiro atoms. The molecule has 1 fully saturated rings. The Labute approximate surface area is 134 Å². The van der Waals surface area contributed by atoms with Crippen LogP contribution in [0.5, 0.6) is 0 Å². The highest BCUT2D eigenvalue weighted by molar-refractivity contribution is 6.30. The van der Waals surface area contributed by atoms with Crippen molar-refractivity contribution in [1.82, 2.24) is 10.2 Å². The molecule has 0 aromatic heterocycles. The van der Waals surface area contributed by atoms with E-state index < -0.39 is 0 Å². The van der Waals surface area contributed by atoms with Gasteiger partial charge in [-0.1, -0.05) is 11.6 Å². The number of hydrogen-bond acceptors (Lipinski definition) is 3. The summed E-state index contributed by atoms with van der Waals surface area (Å²) in [5, 5.41) is 6.29. The highest BCUT2D eigenvalue weighted by Crippen LogP contribution is 2.14. The molecule has 0 radical (unpaired) electrons. The van der Waals surface area contributed by atoms with Crippen LogP contribution in [0.15, 0.2) is 24.3 Å². The molecule has 1 aliphatic heterocycles. The van der Waals surface area contributed by atoms with Crippen LogP contribution in [0, 0.1) is 0 Å². The van der Waals surface area contributed by atoms with E-state index in [2.05, 4.69) is 10.6 Å². The fourth-order valence-electron chi connectivity index (χ4n) is 2.31. The fourth-order valence-corrected chi connectivity index (χ4v) is 2.43. The first-order valence-electron chi connectivity index (χ1n) is 7.33. The third-order valence-corrected chi connectivity index (χ3v) is 3.71. The molecule has 1 aliphatic rings. The predicted octanol–water partition coefficient (Wildman–Crippen LogP) is 3.08. The van der Waals surface area contributed by atoms with Crippen LogP contribution in [0.1, 0.15) is 19.8 Å². The zero-order valence-corrected chi connectivity index (χ0v) is 13.2. The van der Waals surface area contributed by atoms with E-state index in [1.165, 1.54) is 0 Å². The summed E-state index contributed by atoms with van der Waals surface area (Å²) in [6.45, 7) is 3.34. The maximum Gasteiger partial charge on any atom is 0.409 e. The van der Waals surface area contributed by atoms with Gasteiger partial charge in [0.2, 0.25) is 0 Å². The van der Waals surface area contributed by atoms with E-state index in [0.717, 1.165) is 0 Å². The van der Waals surface area contributed by atoms with Gasteiger partial charge in [0.05, 0.1) is 6.61 Å². The van der Waals surface area contributed by atoms with Crippen molar-refractivity contribution in [2.75, 3.05) is 25.0 Å². The minimum Gasteiger partial charge on any atom is -0.450 e. The number of piperidine rings is 1. The highest BCUT2D eigenvalue weighted by atomic mass is 35.5. The molecule has 1 aromatic carbocycles. The first kappa shape index (κ1) is 16.4. The van der Waals surface area contributed by atoms with Gasteiger partial charge < -0.3 is 20.3 Å². The molecule has 3 amide bonds. The molecule has 1 saturated heterocycles. The Balaban J connectivity index is 1.74. The Morgan fingerprint density at radius 3 is 2.50 bits per heavy atom. The smallest absolute Gasteiger partial charge is 0.409 e. The maximum atomic E-state index is 11.9. The molecule has 0 saturated carbocycles. The molecule has 0 aliphatic carbocycles. The summed E-state index contributed by atoms with van der Waals surface area (Å²) < 4.78 is 4.96. The van der Waals surface area contributed by atoms with Crippen LogP contribution in [-0.4, -0.2) is 42.8 Å². The largest absolute Gasteiger partial charge is 0.450 e. The number of anilines is 1. The van der Waals surface area contributed by atoms with Crippen molar-refractivity contribution < 1.29 is 14.3 Å². The second kappa shape index (κ2) is 7.89. The Morgan fingerprint density at radius 1 is 1.27 bits per heavy atom.